The average Bonchev–Trinajstić information content (AvgIpc) is 2.60. The van der Waals surface area contributed by atoms with E-state index in [9.17, 15) is 10.1 Å². The minimum absolute atomic E-state index is 0.0273. The Kier molecular flexibility index (Phi) is 3.20. The van der Waals surface area contributed by atoms with Crippen molar-refractivity contribution in [3.8, 4) is 11.3 Å². The van der Waals surface area contributed by atoms with Crippen LogP contribution in [0.3, 0.4) is 0 Å². The third kappa shape index (κ3) is 2.27. The van der Waals surface area contributed by atoms with E-state index in [4.69, 9.17) is 0 Å². The third-order valence-electron chi connectivity index (χ3n) is 4.15. The van der Waals surface area contributed by atoms with E-state index in [1.165, 1.54) is 6.07 Å². The van der Waals surface area contributed by atoms with Gasteiger partial charge in [0.1, 0.15) is 12.6 Å². The molecule has 0 radical (unpaired) electrons. The summed E-state index contributed by atoms with van der Waals surface area (Å²) in [6, 6.07) is 18.9. The van der Waals surface area contributed by atoms with Crippen LogP contribution in [0.25, 0.3) is 33.1 Å². The summed E-state index contributed by atoms with van der Waals surface area (Å²) in [5.74, 6) is 0. The predicted molar refractivity (Wildman–Crippen MR) is 92.5 cm³/mol. The normalized spacial score (nSPS) is 11.0. The average molecular weight is 316 g/mol. The maximum absolute atomic E-state index is 11.3. The summed E-state index contributed by atoms with van der Waals surface area (Å²) in [5.41, 5.74) is 3.21. The highest BCUT2D eigenvalue weighted by molar-refractivity contribution is 5.89. The van der Waals surface area contributed by atoms with Crippen LogP contribution in [0.15, 0.2) is 66.9 Å². The molecule has 0 aliphatic carbocycles. The van der Waals surface area contributed by atoms with Gasteiger partial charge in [0.2, 0.25) is 5.52 Å². The van der Waals surface area contributed by atoms with Crippen LogP contribution in [-0.4, -0.2) is 9.91 Å². The summed E-state index contributed by atoms with van der Waals surface area (Å²) >= 11 is 0. The smallest absolute Gasteiger partial charge is 0.258 e. The molecule has 0 bridgehead atoms. The summed E-state index contributed by atoms with van der Waals surface area (Å²) in [6.07, 6.45) is 1.99. The summed E-state index contributed by atoms with van der Waals surface area (Å²) < 4.78 is 2.04. The minimum atomic E-state index is -0.389. The Morgan fingerprint density at radius 3 is 2.62 bits per heavy atom. The van der Waals surface area contributed by atoms with E-state index < -0.39 is 0 Å². The van der Waals surface area contributed by atoms with Gasteiger partial charge < -0.3 is 0 Å². The Morgan fingerprint density at radius 2 is 1.79 bits per heavy atom. The van der Waals surface area contributed by atoms with Gasteiger partial charge >= 0.3 is 0 Å². The molecule has 24 heavy (non-hydrogen) atoms. The molecule has 2 heterocycles. The number of nitrogens with zero attached hydrogens (tertiary/aromatic N) is 3. The zero-order valence-electron chi connectivity index (χ0n) is 13.0. The lowest BCUT2D eigenvalue weighted by Gasteiger charge is -2.05. The fourth-order valence-electron chi connectivity index (χ4n) is 2.99. The number of hydrogen-bond donors (Lipinski definition) is 0. The Labute approximate surface area is 138 Å². The first-order valence-electron chi connectivity index (χ1n) is 7.56. The van der Waals surface area contributed by atoms with Crippen LogP contribution in [0, 0.1) is 10.1 Å². The number of pyridine rings is 2. The van der Waals surface area contributed by atoms with Crippen molar-refractivity contribution in [3.05, 3.63) is 77.0 Å². The first-order chi connectivity index (χ1) is 11.6. The van der Waals surface area contributed by atoms with E-state index in [1.807, 2.05) is 54.2 Å². The van der Waals surface area contributed by atoms with E-state index in [-0.39, 0.29) is 10.6 Å². The first kappa shape index (κ1) is 14.3. The van der Waals surface area contributed by atoms with Crippen LogP contribution in [0.2, 0.25) is 0 Å². The Morgan fingerprint density at radius 1 is 1.00 bits per heavy atom. The molecule has 4 aromatic rings. The number of hydrogen-bond acceptors (Lipinski definition) is 3. The van der Waals surface area contributed by atoms with Crippen molar-refractivity contribution in [2.45, 2.75) is 0 Å². The molecule has 0 atom stereocenters. The second kappa shape index (κ2) is 5.38. The van der Waals surface area contributed by atoms with Crippen LogP contribution in [0.5, 0.6) is 0 Å². The first-order valence-corrected chi connectivity index (χ1v) is 7.56. The number of fused-ring (bicyclic) bond motifs is 2. The third-order valence-corrected chi connectivity index (χ3v) is 4.15. The second-order valence-electron chi connectivity index (χ2n) is 5.70. The van der Waals surface area contributed by atoms with Gasteiger partial charge in [-0.05, 0) is 18.2 Å². The number of benzene rings is 2. The van der Waals surface area contributed by atoms with Crippen molar-refractivity contribution in [2.24, 2.45) is 7.05 Å². The Balaban J connectivity index is 1.97. The molecular weight excluding hydrogens is 302 g/mol. The molecule has 0 aliphatic heterocycles. The molecule has 0 unspecified atom stereocenters. The van der Waals surface area contributed by atoms with Crippen molar-refractivity contribution < 1.29 is 9.49 Å². The minimum Gasteiger partial charge on any atom is -0.258 e. The van der Waals surface area contributed by atoms with Gasteiger partial charge in [0.05, 0.1) is 16.2 Å². The number of nitro groups is 1. The van der Waals surface area contributed by atoms with Crippen molar-refractivity contribution in [3.63, 3.8) is 0 Å². The van der Waals surface area contributed by atoms with E-state index in [0.717, 1.165) is 27.5 Å². The molecule has 0 saturated carbocycles. The Bertz CT molecular complexity index is 1110. The molecule has 0 fully saturated rings. The lowest BCUT2D eigenvalue weighted by Crippen LogP contribution is -2.28. The molecule has 0 saturated heterocycles. The Hall–Kier alpha value is -3.34. The van der Waals surface area contributed by atoms with Crippen LogP contribution < -0.4 is 4.57 Å². The van der Waals surface area contributed by atoms with E-state index in [0.29, 0.717) is 5.52 Å². The van der Waals surface area contributed by atoms with Gasteiger partial charge in [-0.15, -0.1) is 0 Å². The van der Waals surface area contributed by atoms with Gasteiger partial charge in [-0.25, -0.2) is 9.55 Å². The molecule has 116 valence electrons. The van der Waals surface area contributed by atoms with Gasteiger partial charge in [0, 0.05) is 22.9 Å². The van der Waals surface area contributed by atoms with Crippen molar-refractivity contribution in [1.29, 1.82) is 0 Å². The lowest BCUT2D eigenvalue weighted by atomic mass is 10.1. The number of aromatic nitrogens is 2. The molecule has 5 heteroatoms. The zero-order chi connectivity index (χ0) is 16.7. The van der Waals surface area contributed by atoms with Crippen molar-refractivity contribution in [1.82, 2.24) is 4.98 Å². The van der Waals surface area contributed by atoms with Gasteiger partial charge in [0.25, 0.3) is 5.69 Å². The van der Waals surface area contributed by atoms with Gasteiger partial charge in [-0.3, -0.25) is 10.1 Å². The maximum atomic E-state index is 11.3. The quantitative estimate of drug-likeness (QED) is 0.321. The van der Waals surface area contributed by atoms with Gasteiger partial charge in [-0.1, -0.05) is 30.3 Å². The molecule has 0 N–H and O–H groups in total. The number of rotatable bonds is 2. The highest BCUT2D eigenvalue weighted by Crippen LogP contribution is 2.27. The summed E-state index contributed by atoms with van der Waals surface area (Å²) in [7, 11) is 1.98. The van der Waals surface area contributed by atoms with Crippen LogP contribution in [0.1, 0.15) is 0 Å². The largest absolute Gasteiger partial charge is 0.295 e. The van der Waals surface area contributed by atoms with Gasteiger partial charge in [-0.2, -0.15) is 0 Å². The number of para-hydroxylation sites is 2. The summed E-state index contributed by atoms with van der Waals surface area (Å²) in [5, 5.41) is 13.1. The SMILES string of the molecule is C[n+]1cc(-c2ccc3cccc([N+](=O)[O-])c3n2)cc2ccccc21. The molecule has 4 rings (SSSR count). The maximum Gasteiger partial charge on any atom is 0.295 e. The van der Waals surface area contributed by atoms with Crippen molar-refractivity contribution >= 4 is 27.5 Å². The molecule has 0 aliphatic rings. The highest BCUT2D eigenvalue weighted by atomic mass is 16.6. The van der Waals surface area contributed by atoms with Crippen LogP contribution in [0.4, 0.5) is 5.69 Å². The molecule has 2 aromatic carbocycles. The standard InChI is InChI=1S/C19H14N3O2/c1-21-12-15(11-14-5-2-3-7-17(14)21)16-10-9-13-6-4-8-18(22(23)24)19(13)20-16/h2-12H,1H3/q+1. The zero-order valence-corrected chi connectivity index (χ0v) is 13.0. The molecule has 0 spiro atoms. The van der Waals surface area contributed by atoms with Gasteiger partial charge in [0.15, 0.2) is 6.20 Å². The van der Waals surface area contributed by atoms with E-state index >= 15 is 0 Å². The molecule has 2 aromatic heterocycles. The van der Waals surface area contributed by atoms with E-state index in [1.54, 1.807) is 6.07 Å². The molecular formula is C19H14N3O2+. The highest BCUT2D eigenvalue weighted by Gasteiger charge is 2.15. The topological polar surface area (TPSA) is 59.9 Å². The van der Waals surface area contributed by atoms with Crippen LogP contribution >= 0.6 is 0 Å². The predicted octanol–water partition coefficient (Wildman–Crippen LogP) is 3.79. The lowest BCUT2D eigenvalue weighted by molar-refractivity contribution is -0.644. The molecule has 0 amide bonds. The number of nitro benzene ring substituents is 1. The fourth-order valence-corrected chi connectivity index (χ4v) is 2.99. The van der Waals surface area contributed by atoms with E-state index in [2.05, 4.69) is 17.1 Å². The summed E-state index contributed by atoms with van der Waals surface area (Å²) in [4.78, 5) is 15.4. The van der Waals surface area contributed by atoms with Crippen LogP contribution in [-0.2, 0) is 7.05 Å². The fraction of sp³-hybridized carbons (Fsp3) is 0.0526. The second-order valence-corrected chi connectivity index (χ2v) is 5.70. The molecule has 5 nitrogen and oxygen atoms in total. The summed E-state index contributed by atoms with van der Waals surface area (Å²) in [6.45, 7) is 0. The number of aryl methyl sites for hydroxylation is 1. The van der Waals surface area contributed by atoms with Crippen molar-refractivity contribution in [2.75, 3.05) is 0 Å². The number of non-ortho nitro benzene ring substituents is 1. The monoisotopic (exact) mass is 316 g/mol.